The number of carbonyl (C=O) groups is 1. The lowest BCUT2D eigenvalue weighted by atomic mass is 10.1. The Morgan fingerprint density at radius 1 is 1.15 bits per heavy atom. The minimum absolute atomic E-state index is 0.234. The van der Waals surface area contributed by atoms with Gasteiger partial charge >= 0.3 is 0 Å². The van der Waals surface area contributed by atoms with Gasteiger partial charge in [-0.3, -0.25) is 4.79 Å². The molecule has 0 aliphatic carbocycles. The van der Waals surface area contributed by atoms with Crippen LogP contribution >= 0.6 is 15.9 Å². The topological polar surface area (TPSA) is 26.3 Å². The van der Waals surface area contributed by atoms with E-state index in [2.05, 4.69) is 15.9 Å². The van der Waals surface area contributed by atoms with Crippen molar-refractivity contribution in [2.75, 3.05) is 0 Å². The summed E-state index contributed by atoms with van der Waals surface area (Å²) in [4.78, 5) is 11.6. The summed E-state index contributed by atoms with van der Waals surface area (Å²) < 4.78 is 20.1. The molecule has 2 aromatic carbocycles. The molecule has 2 aromatic rings. The molecule has 104 valence electrons. The summed E-state index contributed by atoms with van der Waals surface area (Å²) in [5, 5.41) is 0. The van der Waals surface area contributed by atoms with Crippen molar-refractivity contribution in [2.24, 2.45) is 0 Å². The maximum atomic E-state index is 13.6. The largest absolute Gasteiger partial charge is 0.455 e. The third-order valence-electron chi connectivity index (χ3n) is 2.95. The van der Waals surface area contributed by atoms with E-state index in [1.807, 2.05) is 25.1 Å². The van der Waals surface area contributed by atoms with Crippen LogP contribution < -0.4 is 4.74 Å². The molecule has 0 aliphatic rings. The third kappa shape index (κ3) is 3.07. The maximum absolute atomic E-state index is 13.6. The van der Waals surface area contributed by atoms with E-state index in [0.29, 0.717) is 17.1 Å². The molecular weight excluding hydrogens is 323 g/mol. The minimum Gasteiger partial charge on any atom is -0.455 e. The van der Waals surface area contributed by atoms with Gasteiger partial charge in [-0.25, -0.2) is 4.39 Å². The molecule has 0 radical (unpaired) electrons. The fourth-order valence-electron chi connectivity index (χ4n) is 1.82. The van der Waals surface area contributed by atoms with Gasteiger partial charge in [0.05, 0.1) is 10.0 Å². The summed E-state index contributed by atoms with van der Waals surface area (Å²) in [6.45, 7) is 5.00. The predicted octanol–water partition coefficient (Wildman–Crippen LogP) is 5.20. The van der Waals surface area contributed by atoms with Gasteiger partial charge in [-0.15, -0.1) is 0 Å². The Morgan fingerprint density at radius 3 is 2.45 bits per heavy atom. The highest BCUT2D eigenvalue weighted by molar-refractivity contribution is 9.10. The van der Waals surface area contributed by atoms with Gasteiger partial charge in [0.1, 0.15) is 17.3 Å². The molecule has 0 bridgehead atoms. The summed E-state index contributed by atoms with van der Waals surface area (Å²) in [7, 11) is 0. The first-order valence-electron chi connectivity index (χ1n) is 6.13. The average molecular weight is 337 g/mol. The summed E-state index contributed by atoms with van der Waals surface area (Å²) in [5.41, 5.74) is 1.76. The highest BCUT2D eigenvalue weighted by Crippen LogP contribution is 2.33. The lowest BCUT2D eigenvalue weighted by Crippen LogP contribution is -2.00. The van der Waals surface area contributed by atoms with Gasteiger partial charge in [0, 0.05) is 0 Å². The van der Waals surface area contributed by atoms with Gasteiger partial charge in [0.25, 0.3) is 0 Å². The second-order valence-corrected chi connectivity index (χ2v) is 5.54. The van der Waals surface area contributed by atoms with E-state index in [9.17, 15) is 9.18 Å². The quantitative estimate of drug-likeness (QED) is 0.720. The van der Waals surface area contributed by atoms with Gasteiger partial charge in [0.15, 0.2) is 5.78 Å². The minimum atomic E-state index is -0.412. The lowest BCUT2D eigenvalue weighted by molar-refractivity contribution is 0.101. The molecule has 0 heterocycles. The Kier molecular flexibility index (Phi) is 4.23. The fraction of sp³-hybridized carbons (Fsp3) is 0.188. The van der Waals surface area contributed by atoms with E-state index in [1.165, 1.54) is 13.0 Å². The highest BCUT2D eigenvalue weighted by Gasteiger charge is 2.14. The zero-order valence-electron chi connectivity index (χ0n) is 11.5. The Balaban J connectivity index is 2.47. The number of benzene rings is 2. The van der Waals surface area contributed by atoms with Crippen LogP contribution in [0.4, 0.5) is 4.39 Å². The van der Waals surface area contributed by atoms with Crippen LogP contribution in [0.2, 0.25) is 0 Å². The fourth-order valence-corrected chi connectivity index (χ4v) is 2.40. The molecule has 0 atom stereocenters. The molecule has 0 fully saturated rings. The van der Waals surface area contributed by atoms with Crippen LogP contribution in [0.5, 0.6) is 11.5 Å². The van der Waals surface area contributed by atoms with Crippen molar-refractivity contribution in [1.82, 2.24) is 0 Å². The van der Waals surface area contributed by atoms with Crippen molar-refractivity contribution >= 4 is 21.7 Å². The molecule has 0 aliphatic heterocycles. The van der Waals surface area contributed by atoms with Gasteiger partial charge in [-0.1, -0.05) is 6.07 Å². The summed E-state index contributed by atoms with van der Waals surface area (Å²) in [5.74, 6) is 0.303. The van der Waals surface area contributed by atoms with Crippen molar-refractivity contribution < 1.29 is 13.9 Å². The van der Waals surface area contributed by atoms with Crippen molar-refractivity contribution in [1.29, 1.82) is 0 Å². The molecule has 0 unspecified atom stereocenters. The second kappa shape index (κ2) is 5.75. The summed E-state index contributed by atoms with van der Waals surface area (Å²) in [6.07, 6.45) is 0. The Hall–Kier alpha value is -1.68. The van der Waals surface area contributed by atoms with E-state index >= 15 is 0 Å². The number of ether oxygens (including phenoxy) is 1. The van der Waals surface area contributed by atoms with Gasteiger partial charge in [0.2, 0.25) is 0 Å². The third-order valence-corrected chi connectivity index (χ3v) is 3.57. The zero-order chi connectivity index (χ0) is 14.9. The summed E-state index contributed by atoms with van der Waals surface area (Å²) >= 11 is 3.42. The van der Waals surface area contributed by atoms with Crippen LogP contribution in [0.25, 0.3) is 0 Å². The van der Waals surface area contributed by atoms with Crippen LogP contribution in [0, 0.1) is 19.7 Å². The van der Waals surface area contributed by atoms with Crippen molar-refractivity contribution in [2.45, 2.75) is 20.8 Å². The molecule has 2 rings (SSSR count). The predicted molar refractivity (Wildman–Crippen MR) is 80.1 cm³/mol. The van der Waals surface area contributed by atoms with Crippen LogP contribution in [0.3, 0.4) is 0 Å². The normalized spacial score (nSPS) is 10.4. The first-order chi connectivity index (χ1) is 9.38. The van der Waals surface area contributed by atoms with E-state index in [0.717, 1.165) is 10.0 Å². The maximum Gasteiger partial charge on any atom is 0.163 e. The number of hydrogen-bond acceptors (Lipinski definition) is 2. The highest BCUT2D eigenvalue weighted by atomic mass is 79.9. The standard InChI is InChI=1S/C16H14BrFO2/c1-9-4-5-15(13(17)6-9)20-16-7-10(2)14(18)8-12(16)11(3)19/h4-8H,1-3H3. The molecule has 2 nitrogen and oxygen atoms in total. The van der Waals surface area contributed by atoms with E-state index in [1.54, 1.807) is 13.0 Å². The first-order valence-corrected chi connectivity index (χ1v) is 6.93. The molecule has 0 saturated carbocycles. The molecule has 0 aromatic heterocycles. The molecule has 0 amide bonds. The first kappa shape index (κ1) is 14.7. The Morgan fingerprint density at radius 2 is 1.85 bits per heavy atom. The number of halogens is 2. The van der Waals surface area contributed by atoms with Crippen LogP contribution in [-0.4, -0.2) is 5.78 Å². The molecule has 0 N–H and O–H groups in total. The Labute approximate surface area is 125 Å². The lowest BCUT2D eigenvalue weighted by Gasteiger charge is -2.12. The molecule has 0 saturated heterocycles. The number of ketones is 1. The van der Waals surface area contributed by atoms with Crippen LogP contribution in [0.15, 0.2) is 34.8 Å². The van der Waals surface area contributed by atoms with Crippen molar-refractivity contribution in [3.05, 3.63) is 57.3 Å². The molecule has 20 heavy (non-hydrogen) atoms. The number of aryl methyl sites for hydroxylation is 2. The monoisotopic (exact) mass is 336 g/mol. The number of Topliss-reactive ketones (excluding diaryl/α,β-unsaturated/α-hetero) is 1. The van der Waals surface area contributed by atoms with E-state index < -0.39 is 5.82 Å². The van der Waals surface area contributed by atoms with E-state index in [-0.39, 0.29) is 11.3 Å². The zero-order valence-corrected chi connectivity index (χ0v) is 13.0. The number of carbonyl (C=O) groups excluding carboxylic acids is 1. The van der Waals surface area contributed by atoms with Crippen molar-refractivity contribution in [3.8, 4) is 11.5 Å². The average Bonchev–Trinajstić information content (AvgIpc) is 2.36. The SMILES string of the molecule is CC(=O)c1cc(F)c(C)cc1Oc1ccc(C)cc1Br. The molecule has 0 spiro atoms. The van der Waals surface area contributed by atoms with Crippen LogP contribution in [0.1, 0.15) is 28.4 Å². The smallest absolute Gasteiger partial charge is 0.163 e. The van der Waals surface area contributed by atoms with Gasteiger partial charge in [-0.2, -0.15) is 0 Å². The molecule has 4 heteroatoms. The van der Waals surface area contributed by atoms with E-state index in [4.69, 9.17) is 4.74 Å². The number of rotatable bonds is 3. The number of hydrogen-bond donors (Lipinski definition) is 0. The van der Waals surface area contributed by atoms with Crippen LogP contribution in [-0.2, 0) is 0 Å². The summed E-state index contributed by atoms with van der Waals surface area (Å²) in [6, 6.07) is 8.39. The molecular formula is C16H14BrFO2. The Bertz CT molecular complexity index is 680. The van der Waals surface area contributed by atoms with Gasteiger partial charge < -0.3 is 4.74 Å². The van der Waals surface area contributed by atoms with Crippen molar-refractivity contribution in [3.63, 3.8) is 0 Å². The van der Waals surface area contributed by atoms with Gasteiger partial charge in [-0.05, 0) is 72.1 Å². The second-order valence-electron chi connectivity index (χ2n) is 4.69.